The van der Waals surface area contributed by atoms with Gasteiger partial charge in [-0.1, -0.05) is 30.3 Å². The van der Waals surface area contributed by atoms with Crippen LogP contribution in [0.5, 0.6) is 5.75 Å². The van der Waals surface area contributed by atoms with Gasteiger partial charge in [0, 0.05) is 5.92 Å². The van der Waals surface area contributed by atoms with Gasteiger partial charge in [-0.3, -0.25) is 4.79 Å². The molecule has 0 spiro atoms. The van der Waals surface area contributed by atoms with Gasteiger partial charge in [0.05, 0.1) is 12.2 Å². The second-order valence-corrected chi connectivity index (χ2v) is 4.73. The molecule has 0 aliphatic heterocycles. The van der Waals surface area contributed by atoms with Gasteiger partial charge in [0.2, 0.25) is 0 Å². The molecule has 1 fully saturated rings. The minimum Gasteiger partial charge on any atom is -0.493 e. The third kappa shape index (κ3) is 1.88. The standard InChI is InChI=1S/C16H16O2/c1-2-18-14-10-9-11-5-3-4-6-13(11)15(14)16(17)12-7-8-12/h3-6,9-10,12H,2,7-8H2,1H3. The summed E-state index contributed by atoms with van der Waals surface area (Å²) in [6, 6.07) is 11.9. The number of ether oxygens (including phenoxy) is 1. The van der Waals surface area contributed by atoms with Crippen LogP contribution in [0.3, 0.4) is 0 Å². The quantitative estimate of drug-likeness (QED) is 0.759. The van der Waals surface area contributed by atoms with Crippen LogP contribution in [0, 0.1) is 5.92 Å². The molecule has 18 heavy (non-hydrogen) atoms. The lowest BCUT2D eigenvalue weighted by Crippen LogP contribution is -2.06. The summed E-state index contributed by atoms with van der Waals surface area (Å²) in [5.74, 6) is 1.19. The monoisotopic (exact) mass is 240 g/mol. The Hall–Kier alpha value is -1.83. The Morgan fingerprint density at radius 3 is 2.72 bits per heavy atom. The first-order valence-corrected chi connectivity index (χ1v) is 6.50. The van der Waals surface area contributed by atoms with Crippen molar-refractivity contribution < 1.29 is 9.53 Å². The second-order valence-electron chi connectivity index (χ2n) is 4.73. The third-order valence-electron chi connectivity index (χ3n) is 3.39. The van der Waals surface area contributed by atoms with E-state index in [1.54, 1.807) is 0 Å². The van der Waals surface area contributed by atoms with Gasteiger partial charge in [-0.05, 0) is 36.6 Å². The molecule has 0 unspecified atom stereocenters. The SMILES string of the molecule is CCOc1ccc2ccccc2c1C(=O)C1CC1. The number of carbonyl (C=O) groups is 1. The van der Waals surface area contributed by atoms with E-state index in [4.69, 9.17) is 4.74 Å². The zero-order valence-corrected chi connectivity index (χ0v) is 10.5. The van der Waals surface area contributed by atoms with Gasteiger partial charge >= 0.3 is 0 Å². The van der Waals surface area contributed by atoms with Crippen LogP contribution in [0.15, 0.2) is 36.4 Å². The molecule has 2 nitrogen and oxygen atoms in total. The van der Waals surface area contributed by atoms with E-state index in [1.165, 1.54) is 0 Å². The molecule has 3 rings (SSSR count). The first kappa shape index (κ1) is 11.3. The second kappa shape index (κ2) is 4.45. The molecule has 0 N–H and O–H groups in total. The molecular weight excluding hydrogens is 224 g/mol. The average Bonchev–Trinajstić information content (AvgIpc) is 3.22. The van der Waals surface area contributed by atoms with Crippen LogP contribution in [0.25, 0.3) is 10.8 Å². The van der Waals surface area contributed by atoms with Gasteiger partial charge in [0.1, 0.15) is 5.75 Å². The molecule has 92 valence electrons. The van der Waals surface area contributed by atoms with Gasteiger partial charge < -0.3 is 4.74 Å². The molecule has 1 aliphatic rings. The summed E-state index contributed by atoms with van der Waals surface area (Å²) in [5, 5.41) is 2.12. The highest BCUT2D eigenvalue weighted by atomic mass is 16.5. The number of carbonyl (C=O) groups excluding carboxylic acids is 1. The van der Waals surface area contributed by atoms with Crippen molar-refractivity contribution in [2.24, 2.45) is 5.92 Å². The topological polar surface area (TPSA) is 26.3 Å². The van der Waals surface area contributed by atoms with Crippen molar-refractivity contribution in [3.8, 4) is 5.75 Å². The highest BCUT2D eigenvalue weighted by Gasteiger charge is 2.33. The maximum absolute atomic E-state index is 12.4. The first-order valence-electron chi connectivity index (χ1n) is 6.50. The molecule has 2 heteroatoms. The highest BCUT2D eigenvalue weighted by molar-refractivity contribution is 6.12. The van der Waals surface area contributed by atoms with Crippen molar-refractivity contribution in [1.29, 1.82) is 0 Å². The molecule has 0 amide bonds. The number of hydrogen-bond donors (Lipinski definition) is 0. The van der Waals surface area contributed by atoms with Crippen LogP contribution in [0.2, 0.25) is 0 Å². The molecule has 0 saturated heterocycles. The largest absolute Gasteiger partial charge is 0.493 e. The number of Topliss-reactive ketones (excluding diaryl/α,β-unsaturated/α-hetero) is 1. The van der Waals surface area contributed by atoms with E-state index in [0.29, 0.717) is 6.61 Å². The van der Waals surface area contributed by atoms with Crippen LogP contribution in [0.1, 0.15) is 30.1 Å². The summed E-state index contributed by atoms with van der Waals surface area (Å²) < 4.78 is 5.62. The van der Waals surface area contributed by atoms with Gasteiger partial charge in [0.25, 0.3) is 0 Å². The lowest BCUT2D eigenvalue weighted by atomic mass is 9.98. The van der Waals surface area contributed by atoms with Gasteiger partial charge in [-0.2, -0.15) is 0 Å². The normalized spacial score (nSPS) is 14.7. The van der Waals surface area contributed by atoms with Gasteiger partial charge in [-0.15, -0.1) is 0 Å². The molecule has 0 heterocycles. The molecule has 0 aromatic heterocycles. The number of fused-ring (bicyclic) bond motifs is 1. The summed E-state index contributed by atoms with van der Waals surface area (Å²) in [6.45, 7) is 2.53. The smallest absolute Gasteiger partial charge is 0.170 e. The van der Waals surface area contributed by atoms with Crippen molar-refractivity contribution in [1.82, 2.24) is 0 Å². The van der Waals surface area contributed by atoms with E-state index in [-0.39, 0.29) is 11.7 Å². The van der Waals surface area contributed by atoms with E-state index in [2.05, 4.69) is 0 Å². The van der Waals surface area contributed by atoms with Crippen LogP contribution in [0.4, 0.5) is 0 Å². The average molecular weight is 240 g/mol. The zero-order valence-electron chi connectivity index (χ0n) is 10.5. The van der Waals surface area contributed by atoms with E-state index >= 15 is 0 Å². The van der Waals surface area contributed by atoms with Crippen LogP contribution in [-0.4, -0.2) is 12.4 Å². The van der Waals surface area contributed by atoms with E-state index in [0.717, 1.165) is 34.9 Å². The van der Waals surface area contributed by atoms with Crippen molar-refractivity contribution in [3.63, 3.8) is 0 Å². The maximum Gasteiger partial charge on any atom is 0.170 e. The molecule has 1 aliphatic carbocycles. The zero-order chi connectivity index (χ0) is 12.5. The summed E-state index contributed by atoms with van der Waals surface area (Å²) in [6.07, 6.45) is 2.04. The number of benzene rings is 2. The predicted octanol–water partition coefficient (Wildman–Crippen LogP) is 3.83. The van der Waals surface area contributed by atoms with Crippen LogP contribution in [-0.2, 0) is 0 Å². The van der Waals surface area contributed by atoms with Crippen molar-refractivity contribution >= 4 is 16.6 Å². The Labute approximate surface area is 107 Å². The van der Waals surface area contributed by atoms with Crippen LogP contribution < -0.4 is 4.74 Å². The number of hydrogen-bond acceptors (Lipinski definition) is 2. The van der Waals surface area contributed by atoms with E-state index in [1.807, 2.05) is 43.3 Å². The van der Waals surface area contributed by atoms with Crippen molar-refractivity contribution in [2.45, 2.75) is 19.8 Å². The molecule has 0 bridgehead atoms. The van der Waals surface area contributed by atoms with Gasteiger partial charge in [0.15, 0.2) is 5.78 Å². The van der Waals surface area contributed by atoms with E-state index < -0.39 is 0 Å². The molecule has 0 atom stereocenters. The fourth-order valence-electron chi connectivity index (χ4n) is 2.33. The fourth-order valence-corrected chi connectivity index (χ4v) is 2.33. The number of ketones is 1. The molecule has 2 aromatic rings. The Morgan fingerprint density at radius 2 is 2.00 bits per heavy atom. The molecule has 0 radical (unpaired) electrons. The minimum atomic E-state index is 0.218. The minimum absolute atomic E-state index is 0.218. The highest BCUT2D eigenvalue weighted by Crippen LogP contribution is 2.38. The van der Waals surface area contributed by atoms with Crippen molar-refractivity contribution in [2.75, 3.05) is 6.61 Å². The Kier molecular flexibility index (Phi) is 2.78. The van der Waals surface area contributed by atoms with Crippen LogP contribution >= 0.6 is 0 Å². The van der Waals surface area contributed by atoms with Gasteiger partial charge in [-0.25, -0.2) is 0 Å². The molecular formula is C16H16O2. The maximum atomic E-state index is 12.4. The summed E-state index contributed by atoms with van der Waals surface area (Å²) in [7, 11) is 0. The summed E-state index contributed by atoms with van der Waals surface area (Å²) >= 11 is 0. The van der Waals surface area contributed by atoms with E-state index in [9.17, 15) is 4.79 Å². The Morgan fingerprint density at radius 1 is 1.22 bits per heavy atom. The Bertz CT molecular complexity index is 597. The lowest BCUT2D eigenvalue weighted by molar-refractivity contribution is 0.0965. The molecule has 1 saturated carbocycles. The van der Waals surface area contributed by atoms with Crippen molar-refractivity contribution in [3.05, 3.63) is 42.0 Å². The predicted molar refractivity (Wildman–Crippen MR) is 72.2 cm³/mol. The third-order valence-corrected chi connectivity index (χ3v) is 3.39. The molecule has 2 aromatic carbocycles. The summed E-state index contributed by atoms with van der Waals surface area (Å²) in [4.78, 5) is 12.4. The first-order chi connectivity index (χ1) is 8.81. The lowest BCUT2D eigenvalue weighted by Gasteiger charge is -2.12. The Balaban J connectivity index is 2.21. The summed E-state index contributed by atoms with van der Waals surface area (Å²) in [5.41, 5.74) is 0.775. The fraction of sp³-hybridized carbons (Fsp3) is 0.312. The number of rotatable bonds is 4.